The molecule has 3 N–H and O–H groups in total. The molecule has 102 valence electrons. The van der Waals surface area contributed by atoms with Crippen molar-refractivity contribution in [3.05, 3.63) is 12.3 Å². The van der Waals surface area contributed by atoms with Crippen molar-refractivity contribution >= 4 is 5.82 Å². The summed E-state index contributed by atoms with van der Waals surface area (Å²) in [6.45, 7) is 7.38. The summed E-state index contributed by atoms with van der Waals surface area (Å²) in [6, 6.07) is 2.43. The smallest absolute Gasteiger partial charge is 0.148 e. The van der Waals surface area contributed by atoms with Crippen LogP contribution in [0.3, 0.4) is 0 Å². The van der Waals surface area contributed by atoms with Crippen LogP contribution in [0.25, 0.3) is 0 Å². The molecule has 1 saturated carbocycles. The Bertz CT molecular complexity index is 385. The zero-order valence-corrected chi connectivity index (χ0v) is 11.8. The van der Waals surface area contributed by atoms with Crippen LogP contribution in [0.15, 0.2) is 12.3 Å². The highest BCUT2D eigenvalue weighted by atomic mass is 15.3. The standard InChI is InChI=1S/C14H26N4/c1-11(2)18-8-6-13(17-18)16-10-14(15)7-4-5-12(3)9-14/h6,8,11-12H,4-5,7,9-10,15H2,1-3H3,(H,16,17). The highest BCUT2D eigenvalue weighted by Gasteiger charge is 2.30. The van der Waals surface area contributed by atoms with Crippen LogP contribution in [-0.2, 0) is 0 Å². The Morgan fingerprint density at radius 3 is 3.00 bits per heavy atom. The van der Waals surface area contributed by atoms with Crippen LogP contribution in [0.4, 0.5) is 5.82 Å². The summed E-state index contributed by atoms with van der Waals surface area (Å²) in [5.74, 6) is 1.69. The van der Waals surface area contributed by atoms with Crippen LogP contribution in [0, 0.1) is 5.92 Å². The van der Waals surface area contributed by atoms with Crippen molar-refractivity contribution in [2.24, 2.45) is 11.7 Å². The van der Waals surface area contributed by atoms with Gasteiger partial charge in [-0.1, -0.05) is 19.8 Å². The number of nitrogens with two attached hydrogens (primary N) is 1. The first-order valence-electron chi connectivity index (χ1n) is 7.06. The Labute approximate surface area is 110 Å². The van der Waals surface area contributed by atoms with Gasteiger partial charge in [0.15, 0.2) is 0 Å². The van der Waals surface area contributed by atoms with E-state index in [4.69, 9.17) is 5.73 Å². The van der Waals surface area contributed by atoms with Crippen molar-refractivity contribution in [1.82, 2.24) is 9.78 Å². The lowest BCUT2D eigenvalue weighted by Crippen LogP contribution is -2.49. The predicted octanol–water partition coefficient (Wildman–Crippen LogP) is 2.78. The Balaban J connectivity index is 1.90. The fourth-order valence-electron chi connectivity index (χ4n) is 2.85. The maximum absolute atomic E-state index is 6.47. The maximum atomic E-state index is 6.47. The first-order chi connectivity index (χ1) is 8.48. The molecule has 1 aromatic rings. The summed E-state index contributed by atoms with van der Waals surface area (Å²) < 4.78 is 1.97. The number of rotatable bonds is 4. The molecule has 18 heavy (non-hydrogen) atoms. The number of nitrogens with zero attached hydrogens (tertiary/aromatic N) is 2. The molecule has 0 amide bonds. The van der Waals surface area contributed by atoms with E-state index < -0.39 is 0 Å². The Morgan fingerprint density at radius 1 is 1.61 bits per heavy atom. The van der Waals surface area contributed by atoms with Crippen LogP contribution in [-0.4, -0.2) is 21.9 Å². The average Bonchev–Trinajstić information content (AvgIpc) is 2.75. The van der Waals surface area contributed by atoms with Gasteiger partial charge in [-0.25, -0.2) is 0 Å². The largest absolute Gasteiger partial charge is 0.367 e. The van der Waals surface area contributed by atoms with E-state index in [0.717, 1.165) is 31.1 Å². The first kappa shape index (κ1) is 13.4. The van der Waals surface area contributed by atoms with Gasteiger partial charge in [-0.3, -0.25) is 4.68 Å². The monoisotopic (exact) mass is 250 g/mol. The van der Waals surface area contributed by atoms with Crippen molar-refractivity contribution in [3.63, 3.8) is 0 Å². The van der Waals surface area contributed by atoms with E-state index in [1.54, 1.807) is 0 Å². The molecule has 0 bridgehead atoms. The van der Waals surface area contributed by atoms with Gasteiger partial charge in [0.25, 0.3) is 0 Å². The number of hydrogen-bond acceptors (Lipinski definition) is 3. The lowest BCUT2D eigenvalue weighted by molar-refractivity contribution is 0.248. The maximum Gasteiger partial charge on any atom is 0.148 e. The average molecular weight is 250 g/mol. The van der Waals surface area contributed by atoms with E-state index >= 15 is 0 Å². The third kappa shape index (κ3) is 3.25. The molecular formula is C14H26N4. The molecule has 1 fully saturated rings. The van der Waals surface area contributed by atoms with E-state index in [-0.39, 0.29) is 5.54 Å². The van der Waals surface area contributed by atoms with Crippen LogP contribution in [0.1, 0.15) is 52.5 Å². The Morgan fingerprint density at radius 2 is 2.39 bits per heavy atom. The van der Waals surface area contributed by atoms with Crippen molar-refractivity contribution in [1.29, 1.82) is 0 Å². The van der Waals surface area contributed by atoms with Gasteiger partial charge in [-0.15, -0.1) is 0 Å². The molecule has 1 aliphatic carbocycles. The molecule has 0 aromatic carbocycles. The molecule has 1 heterocycles. The quantitative estimate of drug-likeness (QED) is 0.864. The first-order valence-corrected chi connectivity index (χ1v) is 7.06. The molecule has 1 aromatic heterocycles. The van der Waals surface area contributed by atoms with E-state index in [1.807, 2.05) is 16.9 Å². The normalized spacial score (nSPS) is 28.6. The van der Waals surface area contributed by atoms with Gasteiger partial charge in [0.2, 0.25) is 0 Å². The van der Waals surface area contributed by atoms with E-state index in [9.17, 15) is 0 Å². The highest BCUT2D eigenvalue weighted by molar-refractivity contribution is 5.33. The fourth-order valence-corrected chi connectivity index (χ4v) is 2.85. The number of nitrogens with one attached hydrogen (secondary N) is 1. The lowest BCUT2D eigenvalue weighted by atomic mass is 9.77. The molecule has 0 aliphatic heterocycles. The molecule has 0 radical (unpaired) electrons. The third-order valence-electron chi connectivity index (χ3n) is 3.89. The molecule has 4 nitrogen and oxygen atoms in total. The minimum Gasteiger partial charge on any atom is -0.367 e. The van der Waals surface area contributed by atoms with Crippen molar-refractivity contribution in [2.75, 3.05) is 11.9 Å². The van der Waals surface area contributed by atoms with Gasteiger partial charge in [0.1, 0.15) is 5.82 Å². The topological polar surface area (TPSA) is 55.9 Å². The van der Waals surface area contributed by atoms with E-state index in [2.05, 4.69) is 31.2 Å². The Kier molecular flexibility index (Phi) is 3.95. The van der Waals surface area contributed by atoms with Gasteiger partial charge in [0, 0.05) is 30.4 Å². The zero-order valence-electron chi connectivity index (χ0n) is 11.8. The van der Waals surface area contributed by atoms with Crippen molar-refractivity contribution < 1.29 is 0 Å². The third-order valence-corrected chi connectivity index (χ3v) is 3.89. The summed E-state index contributed by atoms with van der Waals surface area (Å²) in [4.78, 5) is 0. The molecule has 2 rings (SSSR count). The fraction of sp³-hybridized carbons (Fsp3) is 0.786. The molecule has 4 heteroatoms. The summed E-state index contributed by atoms with van der Waals surface area (Å²) >= 11 is 0. The minimum atomic E-state index is -0.0563. The second-order valence-corrected chi connectivity index (χ2v) is 6.19. The van der Waals surface area contributed by atoms with Crippen LogP contribution in [0.5, 0.6) is 0 Å². The van der Waals surface area contributed by atoms with Gasteiger partial charge >= 0.3 is 0 Å². The van der Waals surface area contributed by atoms with Gasteiger partial charge < -0.3 is 11.1 Å². The molecule has 1 aliphatic rings. The number of anilines is 1. The number of aromatic nitrogens is 2. The van der Waals surface area contributed by atoms with Crippen molar-refractivity contribution in [2.45, 2.75) is 58.0 Å². The summed E-state index contributed by atoms with van der Waals surface area (Å²) in [7, 11) is 0. The molecule has 2 atom stereocenters. The van der Waals surface area contributed by atoms with Gasteiger partial charge in [-0.2, -0.15) is 5.10 Å². The minimum absolute atomic E-state index is 0.0563. The second-order valence-electron chi connectivity index (χ2n) is 6.19. The van der Waals surface area contributed by atoms with Crippen LogP contribution >= 0.6 is 0 Å². The molecule has 2 unspecified atom stereocenters. The predicted molar refractivity (Wildman–Crippen MR) is 75.7 cm³/mol. The van der Waals surface area contributed by atoms with E-state index in [0.29, 0.717) is 6.04 Å². The zero-order chi connectivity index (χ0) is 13.2. The van der Waals surface area contributed by atoms with Crippen LogP contribution < -0.4 is 11.1 Å². The molecular weight excluding hydrogens is 224 g/mol. The lowest BCUT2D eigenvalue weighted by Gasteiger charge is -2.36. The summed E-state index contributed by atoms with van der Waals surface area (Å²) in [6.07, 6.45) is 6.82. The number of hydrogen-bond donors (Lipinski definition) is 2. The highest BCUT2D eigenvalue weighted by Crippen LogP contribution is 2.30. The SMILES string of the molecule is CC1CCCC(N)(CNc2ccn(C(C)C)n2)C1. The second kappa shape index (κ2) is 5.31. The molecule has 0 saturated heterocycles. The van der Waals surface area contributed by atoms with E-state index in [1.165, 1.54) is 12.8 Å². The summed E-state index contributed by atoms with van der Waals surface area (Å²) in [5.41, 5.74) is 6.41. The Hall–Kier alpha value is -1.03. The van der Waals surface area contributed by atoms with Gasteiger partial charge in [-0.05, 0) is 32.6 Å². The van der Waals surface area contributed by atoms with Gasteiger partial charge in [0.05, 0.1) is 0 Å². The molecule has 0 spiro atoms. The summed E-state index contributed by atoms with van der Waals surface area (Å²) in [5, 5.41) is 7.89. The van der Waals surface area contributed by atoms with Crippen molar-refractivity contribution in [3.8, 4) is 0 Å². The van der Waals surface area contributed by atoms with Crippen LogP contribution in [0.2, 0.25) is 0 Å².